The van der Waals surface area contributed by atoms with E-state index in [1.165, 1.54) is 0 Å². The number of anilines is 2. The number of nitrogens with two attached hydrogens (primary N) is 2. The Kier molecular flexibility index (Phi) is 4.08. The normalized spacial score (nSPS) is 10.4. The molecule has 0 radical (unpaired) electrons. The van der Waals surface area contributed by atoms with E-state index in [4.69, 9.17) is 16.2 Å². The lowest BCUT2D eigenvalue weighted by Crippen LogP contribution is -2.12. The molecule has 0 aliphatic rings. The van der Waals surface area contributed by atoms with Gasteiger partial charge in [0.15, 0.2) is 0 Å². The number of nitrogen functional groups attached to an aromatic ring is 2. The number of rotatable bonds is 4. The molecule has 17 heavy (non-hydrogen) atoms. The van der Waals surface area contributed by atoms with Crippen LogP contribution in [0.1, 0.15) is 17.3 Å². The number of benzene rings is 1. The predicted molar refractivity (Wildman–Crippen MR) is 57.9 cm³/mol. The third kappa shape index (κ3) is 3.20. The van der Waals surface area contributed by atoms with Crippen molar-refractivity contribution in [1.82, 2.24) is 0 Å². The monoisotopic (exact) mass is 246 g/mol. The first kappa shape index (κ1) is 13.0. The Bertz CT molecular complexity index is 401. The van der Waals surface area contributed by atoms with Crippen LogP contribution in [0, 0.1) is 0 Å². The van der Waals surface area contributed by atoms with Crippen molar-refractivity contribution in [2.45, 2.75) is 13.5 Å². The van der Waals surface area contributed by atoms with Crippen molar-refractivity contribution in [2.24, 2.45) is 0 Å². The summed E-state index contributed by atoms with van der Waals surface area (Å²) in [6.45, 7) is -1.20. The van der Waals surface area contributed by atoms with E-state index in [0.29, 0.717) is 0 Å². The highest BCUT2D eigenvalue weighted by Crippen LogP contribution is 2.28. The van der Waals surface area contributed by atoms with Crippen LogP contribution in [0.4, 0.5) is 20.2 Å². The molecule has 0 unspecified atom stereocenters. The highest BCUT2D eigenvalue weighted by molar-refractivity contribution is 6.01. The first-order valence-corrected chi connectivity index (χ1v) is 4.76. The van der Waals surface area contributed by atoms with Gasteiger partial charge in [0.1, 0.15) is 11.3 Å². The molecule has 0 aromatic heterocycles. The fourth-order valence-corrected chi connectivity index (χ4v) is 1.27. The largest absolute Gasteiger partial charge is 0.462 e. The molecule has 0 bridgehead atoms. The van der Waals surface area contributed by atoms with Crippen molar-refractivity contribution in [1.29, 1.82) is 0 Å². The van der Waals surface area contributed by atoms with Gasteiger partial charge in [-0.25, -0.2) is 4.79 Å². The van der Waals surface area contributed by atoms with E-state index in [1.807, 2.05) is 0 Å². The molecule has 1 aromatic carbocycles. The fourth-order valence-electron chi connectivity index (χ4n) is 1.27. The van der Waals surface area contributed by atoms with Crippen LogP contribution in [0.25, 0.3) is 0 Å². The molecule has 1 aromatic rings. The molecule has 0 atom stereocenters. The summed E-state index contributed by atoms with van der Waals surface area (Å²) < 4.78 is 32.8. The number of hydrogen-bond donors (Lipinski definition) is 2. The Morgan fingerprint density at radius 2 is 1.88 bits per heavy atom. The van der Waals surface area contributed by atoms with Gasteiger partial charge in [-0.3, -0.25) is 0 Å². The number of esters is 1. The summed E-state index contributed by atoms with van der Waals surface area (Å²) in [5.74, 6) is -0.908. The van der Waals surface area contributed by atoms with Crippen molar-refractivity contribution in [3.05, 3.63) is 17.7 Å². The number of carbonyl (C=O) groups is 1. The number of ether oxygens (including phenoxy) is 2. The Morgan fingerprint density at radius 1 is 1.35 bits per heavy atom. The quantitative estimate of drug-likeness (QED) is 0.622. The molecule has 7 heteroatoms. The predicted octanol–water partition coefficient (Wildman–Crippen LogP) is 1.63. The number of halogens is 2. The van der Waals surface area contributed by atoms with Gasteiger partial charge < -0.3 is 20.9 Å². The summed E-state index contributed by atoms with van der Waals surface area (Å²) >= 11 is 0. The molecule has 94 valence electrons. The summed E-state index contributed by atoms with van der Waals surface area (Å²) in [4.78, 5) is 11.4. The molecule has 0 fully saturated rings. The molecule has 1 rings (SSSR count). The fraction of sp³-hybridized carbons (Fsp3) is 0.300. The van der Waals surface area contributed by atoms with Gasteiger partial charge in [-0.15, -0.1) is 0 Å². The van der Waals surface area contributed by atoms with Crippen LogP contribution in [-0.2, 0) is 4.74 Å². The number of alkyl halides is 2. The highest BCUT2D eigenvalue weighted by atomic mass is 19.3. The standard InChI is InChI=1S/C10H12F2N2O3/c1-2-16-9(15)8-6(13)3-5(4-7(8)14)17-10(11)12/h3-4,10H,2,13-14H2,1H3. The first-order valence-electron chi connectivity index (χ1n) is 4.76. The zero-order valence-electron chi connectivity index (χ0n) is 9.07. The Hall–Kier alpha value is -2.05. The van der Waals surface area contributed by atoms with Gasteiger partial charge in [0.2, 0.25) is 0 Å². The van der Waals surface area contributed by atoms with Crippen LogP contribution in [0.5, 0.6) is 5.75 Å². The summed E-state index contributed by atoms with van der Waals surface area (Å²) in [5.41, 5.74) is 10.9. The zero-order valence-corrected chi connectivity index (χ0v) is 9.07. The van der Waals surface area contributed by atoms with E-state index in [-0.39, 0.29) is 29.3 Å². The lowest BCUT2D eigenvalue weighted by Gasteiger charge is -2.11. The van der Waals surface area contributed by atoms with Crippen molar-refractivity contribution >= 4 is 17.3 Å². The molecular weight excluding hydrogens is 234 g/mol. The smallest absolute Gasteiger partial charge is 0.387 e. The Morgan fingerprint density at radius 3 is 2.29 bits per heavy atom. The van der Waals surface area contributed by atoms with Crippen molar-refractivity contribution in [2.75, 3.05) is 18.1 Å². The molecule has 0 heterocycles. The van der Waals surface area contributed by atoms with Gasteiger partial charge in [0, 0.05) is 12.1 Å². The molecule has 0 amide bonds. The second-order valence-corrected chi connectivity index (χ2v) is 3.08. The van der Waals surface area contributed by atoms with Gasteiger partial charge in [-0.2, -0.15) is 8.78 Å². The Balaban J connectivity index is 3.06. The number of hydrogen-bond acceptors (Lipinski definition) is 5. The van der Waals surface area contributed by atoms with Crippen molar-refractivity contribution in [3.8, 4) is 5.75 Å². The van der Waals surface area contributed by atoms with E-state index in [9.17, 15) is 13.6 Å². The summed E-state index contributed by atoms with van der Waals surface area (Å²) in [6.07, 6.45) is 0. The topological polar surface area (TPSA) is 87.6 Å². The van der Waals surface area contributed by atoms with Gasteiger partial charge in [0.05, 0.1) is 18.0 Å². The van der Waals surface area contributed by atoms with Gasteiger partial charge in [-0.1, -0.05) is 0 Å². The highest BCUT2D eigenvalue weighted by Gasteiger charge is 2.17. The van der Waals surface area contributed by atoms with E-state index >= 15 is 0 Å². The SMILES string of the molecule is CCOC(=O)c1c(N)cc(OC(F)F)cc1N. The van der Waals surface area contributed by atoms with Gasteiger partial charge in [0.25, 0.3) is 0 Å². The molecule has 4 N–H and O–H groups in total. The van der Waals surface area contributed by atoms with Crippen molar-refractivity contribution < 1.29 is 23.0 Å². The Labute approximate surface area is 96.3 Å². The maximum absolute atomic E-state index is 12.0. The molecular formula is C10H12F2N2O3. The molecule has 0 spiro atoms. The summed E-state index contributed by atoms with van der Waals surface area (Å²) in [6, 6.07) is 2.18. The lowest BCUT2D eigenvalue weighted by molar-refractivity contribution is -0.0497. The van der Waals surface area contributed by atoms with E-state index in [1.54, 1.807) is 6.92 Å². The maximum atomic E-state index is 12.0. The van der Waals surface area contributed by atoms with Gasteiger partial charge in [-0.05, 0) is 6.92 Å². The third-order valence-corrected chi connectivity index (χ3v) is 1.88. The van der Waals surface area contributed by atoms with Crippen LogP contribution in [0.2, 0.25) is 0 Å². The molecule has 0 aliphatic heterocycles. The third-order valence-electron chi connectivity index (χ3n) is 1.88. The lowest BCUT2D eigenvalue weighted by atomic mass is 10.1. The average molecular weight is 246 g/mol. The van der Waals surface area contributed by atoms with Crippen LogP contribution < -0.4 is 16.2 Å². The van der Waals surface area contributed by atoms with E-state index < -0.39 is 12.6 Å². The minimum Gasteiger partial charge on any atom is -0.462 e. The second kappa shape index (κ2) is 5.33. The molecule has 0 saturated heterocycles. The minimum atomic E-state index is -2.98. The van der Waals surface area contributed by atoms with E-state index in [2.05, 4.69) is 4.74 Å². The minimum absolute atomic E-state index is 0.0477. The van der Waals surface area contributed by atoms with Crippen LogP contribution in [-0.4, -0.2) is 19.2 Å². The molecule has 5 nitrogen and oxygen atoms in total. The second-order valence-electron chi connectivity index (χ2n) is 3.08. The summed E-state index contributed by atoms with van der Waals surface area (Å²) in [5, 5.41) is 0. The van der Waals surface area contributed by atoms with Crippen LogP contribution in [0.15, 0.2) is 12.1 Å². The maximum Gasteiger partial charge on any atom is 0.387 e. The number of carbonyl (C=O) groups excluding carboxylic acids is 1. The van der Waals surface area contributed by atoms with E-state index in [0.717, 1.165) is 12.1 Å². The zero-order chi connectivity index (χ0) is 13.0. The average Bonchev–Trinajstić information content (AvgIpc) is 2.15. The van der Waals surface area contributed by atoms with Crippen molar-refractivity contribution in [3.63, 3.8) is 0 Å². The van der Waals surface area contributed by atoms with Crippen LogP contribution in [0.3, 0.4) is 0 Å². The molecule has 0 aliphatic carbocycles. The van der Waals surface area contributed by atoms with Crippen LogP contribution >= 0.6 is 0 Å². The summed E-state index contributed by atoms with van der Waals surface area (Å²) in [7, 11) is 0. The first-order chi connectivity index (χ1) is 7.95. The van der Waals surface area contributed by atoms with Gasteiger partial charge >= 0.3 is 12.6 Å². The molecule has 0 saturated carbocycles.